The molecule has 0 bridgehead atoms. The molecule has 2 nitrogen and oxygen atoms in total. The first kappa shape index (κ1) is 16.8. The molecule has 0 spiro atoms. The molecule has 2 aromatic carbocycles. The Balaban J connectivity index is 1.78. The second-order valence-electron chi connectivity index (χ2n) is 4.93. The van der Waals surface area contributed by atoms with Gasteiger partial charge in [-0.25, -0.2) is 4.39 Å². The third-order valence-electron chi connectivity index (χ3n) is 3.18. The van der Waals surface area contributed by atoms with E-state index in [1.807, 2.05) is 37.3 Å². The van der Waals surface area contributed by atoms with Gasteiger partial charge in [0, 0.05) is 10.8 Å². The van der Waals surface area contributed by atoms with Crippen LogP contribution < -0.4 is 5.32 Å². The Bertz CT molecular complexity index is 636. The number of nitrogens with one attached hydrogen (secondary N) is 1. The molecule has 0 fully saturated rings. The average molecular weight is 338 g/mol. The van der Waals surface area contributed by atoms with E-state index < -0.39 is 0 Å². The van der Waals surface area contributed by atoms with Crippen molar-refractivity contribution in [2.24, 2.45) is 0 Å². The maximum atomic E-state index is 13.6. The third kappa shape index (κ3) is 5.04. The van der Waals surface area contributed by atoms with E-state index in [0.717, 1.165) is 5.56 Å². The van der Waals surface area contributed by atoms with Crippen molar-refractivity contribution in [3.63, 3.8) is 0 Å². The molecule has 0 aliphatic heterocycles. The first-order chi connectivity index (χ1) is 10.6. The Labute approximate surface area is 139 Å². The quantitative estimate of drug-likeness (QED) is 0.835. The lowest BCUT2D eigenvalue weighted by Gasteiger charge is -2.14. The first-order valence-corrected chi connectivity index (χ1v) is 8.45. The predicted octanol–water partition coefficient (Wildman–Crippen LogP) is 4.59. The van der Waals surface area contributed by atoms with E-state index in [1.165, 1.54) is 17.8 Å². The largest absolute Gasteiger partial charge is 0.349 e. The van der Waals surface area contributed by atoms with E-state index in [2.05, 4.69) is 5.32 Å². The molecule has 1 amide bonds. The van der Waals surface area contributed by atoms with Crippen molar-refractivity contribution >= 4 is 29.3 Å². The summed E-state index contributed by atoms with van der Waals surface area (Å²) in [6.45, 7) is 1.94. The van der Waals surface area contributed by atoms with Crippen LogP contribution in [-0.4, -0.2) is 11.7 Å². The standard InChI is InChI=1S/C17H17ClFNOS/c1-12(13-5-3-2-4-6-13)20-17(21)11-22-10-14-7-8-15(18)9-16(14)19/h2-9,12H,10-11H2,1H3,(H,20,21)/t12-/m0/s1. The molecule has 5 heteroatoms. The number of hydrogen-bond donors (Lipinski definition) is 1. The summed E-state index contributed by atoms with van der Waals surface area (Å²) in [5.41, 5.74) is 1.61. The van der Waals surface area contributed by atoms with Gasteiger partial charge in [-0.1, -0.05) is 48.0 Å². The normalized spacial score (nSPS) is 12.0. The fourth-order valence-electron chi connectivity index (χ4n) is 2.00. The molecule has 0 unspecified atom stereocenters. The number of hydrogen-bond acceptors (Lipinski definition) is 2. The summed E-state index contributed by atoms with van der Waals surface area (Å²) < 4.78 is 13.6. The van der Waals surface area contributed by atoms with E-state index in [0.29, 0.717) is 22.1 Å². The van der Waals surface area contributed by atoms with Crippen molar-refractivity contribution in [3.8, 4) is 0 Å². The van der Waals surface area contributed by atoms with Gasteiger partial charge in [0.15, 0.2) is 0 Å². The molecule has 0 aromatic heterocycles. The number of thioether (sulfide) groups is 1. The topological polar surface area (TPSA) is 29.1 Å². The number of benzene rings is 2. The van der Waals surface area contributed by atoms with Crippen molar-refractivity contribution in [2.75, 3.05) is 5.75 Å². The lowest BCUT2D eigenvalue weighted by molar-refractivity contribution is -0.119. The van der Waals surface area contributed by atoms with Crippen LogP contribution in [0.2, 0.25) is 5.02 Å². The Morgan fingerprint density at radius 1 is 1.27 bits per heavy atom. The lowest BCUT2D eigenvalue weighted by atomic mass is 10.1. The smallest absolute Gasteiger partial charge is 0.230 e. The summed E-state index contributed by atoms with van der Waals surface area (Å²) in [6, 6.07) is 14.3. The van der Waals surface area contributed by atoms with Gasteiger partial charge < -0.3 is 5.32 Å². The van der Waals surface area contributed by atoms with Gasteiger partial charge >= 0.3 is 0 Å². The number of rotatable bonds is 6. The molecule has 22 heavy (non-hydrogen) atoms. The van der Waals surface area contributed by atoms with E-state index >= 15 is 0 Å². The van der Waals surface area contributed by atoms with Gasteiger partial charge in [0.2, 0.25) is 5.91 Å². The Morgan fingerprint density at radius 2 is 2.00 bits per heavy atom. The number of carbonyl (C=O) groups excluding carboxylic acids is 1. The molecule has 0 saturated heterocycles. The van der Waals surface area contributed by atoms with Crippen LogP contribution in [0.4, 0.5) is 4.39 Å². The zero-order chi connectivity index (χ0) is 15.9. The second kappa shape index (κ2) is 8.20. The molecule has 2 aromatic rings. The number of halogens is 2. The van der Waals surface area contributed by atoms with Crippen molar-refractivity contribution in [1.82, 2.24) is 5.32 Å². The van der Waals surface area contributed by atoms with Crippen LogP contribution in [0.25, 0.3) is 0 Å². The Kier molecular flexibility index (Phi) is 6.28. The van der Waals surface area contributed by atoms with Crippen LogP contribution in [0.15, 0.2) is 48.5 Å². The van der Waals surface area contributed by atoms with Gasteiger partial charge in [-0.15, -0.1) is 11.8 Å². The third-order valence-corrected chi connectivity index (χ3v) is 4.40. The second-order valence-corrected chi connectivity index (χ2v) is 6.35. The highest BCUT2D eigenvalue weighted by atomic mass is 35.5. The van der Waals surface area contributed by atoms with Gasteiger partial charge in [0.05, 0.1) is 11.8 Å². The minimum Gasteiger partial charge on any atom is -0.349 e. The zero-order valence-corrected chi connectivity index (χ0v) is 13.8. The van der Waals surface area contributed by atoms with Crippen LogP contribution in [0.3, 0.4) is 0 Å². The SMILES string of the molecule is C[C@H](NC(=O)CSCc1ccc(Cl)cc1F)c1ccccc1. The van der Waals surface area contributed by atoms with Crippen molar-refractivity contribution in [2.45, 2.75) is 18.7 Å². The highest BCUT2D eigenvalue weighted by Crippen LogP contribution is 2.19. The molecular weight excluding hydrogens is 321 g/mol. The van der Waals surface area contributed by atoms with Gasteiger partial charge in [-0.05, 0) is 30.2 Å². The summed E-state index contributed by atoms with van der Waals surface area (Å²) in [7, 11) is 0. The number of amides is 1. The summed E-state index contributed by atoms with van der Waals surface area (Å²) >= 11 is 7.08. The maximum absolute atomic E-state index is 13.6. The number of carbonyl (C=O) groups is 1. The van der Waals surface area contributed by atoms with E-state index in [9.17, 15) is 9.18 Å². The average Bonchev–Trinajstić information content (AvgIpc) is 2.50. The summed E-state index contributed by atoms with van der Waals surface area (Å²) in [4.78, 5) is 11.9. The van der Waals surface area contributed by atoms with E-state index in [1.54, 1.807) is 12.1 Å². The minimum atomic E-state index is -0.335. The fourth-order valence-corrected chi connectivity index (χ4v) is 2.98. The van der Waals surface area contributed by atoms with Crippen LogP contribution >= 0.6 is 23.4 Å². The highest BCUT2D eigenvalue weighted by Gasteiger charge is 2.10. The molecule has 0 aliphatic carbocycles. The van der Waals surface area contributed by atoms with Crippen molar-refractivity contribution < 1.29 is 9.18 Å². The lowest BCUT2D eigenvalue weighted by Crippen LogP contribution is -2.28. The van der Waals surface area contributed by atoms with Gasteiger partial charge in [0.25, 0.3) is 0 Å². The molecule has 2 rings (SSSR count). The first-order valence-electron chi connectivity index (χ1n) is 6.92. The summed E-state index contributed by atoms with van der Waals surface area (Å²) in [5, 5.41) is 3.31. The van der Waals surface area contributed by atoms with E-state index in [-0.39, 0.29) is 17.8 Å². The van der Waals surface area contributed by atoms with Gasteiger partial charge in [-0.3, -0.25) is 4.79 Å². The molecule has 1 N–H and O–H groups in total. The zero-order valence-electron chi connectivity index (χ0n) is 12.2. The minimum absolute atomic E-state index is 0.0402. The summed E-state index contributed by atoms with van der Waals surface area (Å²) in [5.74, 6) is 0.337. The molecule has 0 heterocycles. The molecular formula is C17H17ClFNOS. The fraction of sp³-hybridized carbons (Fsp3) is 0.235. The van der Waals surface area contributed by atoms with E-state index in [4.69, 9.17) is 11.6 Å². The maximum Gasteiger partial charge on any atom is 0.230 e. The van der Waals surface area contributed by atoms with Crippen LogP contribution in [0.1, 0.15) is 24.1 Å². The van der Waals surface area contributed by atoms with Crippen LogP contribution in [-0.2, 0) is 10.5 Å². The Hall–Kier alpha value is -1.52. The highest BCUT2D eigenvalue weighted by molar-refractivity contribution is 7.99. The van der Waals surface area contributed by atoms with Crippen LogP contribution in [0, 0.1) is 5.82 Å². The molecule has 1 atom stereocenters. The molecule has 0 saturated carbocycles. The Morgan fingerprint density at radius 3 is 2.68 bits per heavy atom. The molecule has 0 aliphatic rings. The molecule has 0 radical (unpaired) electrons. The van der Waals surface area contributed by atoms with Gasteiger partial charge in [-0.2, -0.15) is 0 Å². The molecule has 116 valence electrons. The van der Waals surface area contributed by atoms with Crippen LogP contribution in [0.5, 0.6) is 0 Å². The van der Waals surface area contributed by atoms with Gasteiger partial charge in [0.1, 0.15) is 5.82 Å². The van der Waals surface area contributed by atoms with Crippen molar-refractivity contribution in [3.05, 3.63) is 70.5 Å². The predicted molar refractivity (Wildman–Crippen MR) is 90.6 cm³/mol. The monoisotopic (exact) mass is 337 g/mol. The summed E-state index contributed by atoms with van der Waals surface area (Å²) in [6.07, 6.45) is 0. The van der Waals surface area contributed by atoms with Crippen molar-refractivity contribution in [1.29, 1.82) is 0 Å².